The second-order valence-electron chi connectivity index (χ2n) is 7.29. The van der Waals surface area contributed by atoms with Crippen molar-refractivity contribution in [2.45, 2.75) is 4.90 Å². The van der Waals surface area contributed by atoms with E-state index in [0.29, 0.717) is 27.9 Å². The molecule has 0 spiro atoms. The van der Waals surface area contributed by atoms with Gasteiger partial charge in [0.25, 0.3) is 10.1 Å². The summed E-state index contributed by atoms with van der Waals surface area (Å²) in [5.41, 5.74) is 2.40. The predicted octanol–water partition coefficient (Wildman–Crippen LogP) is 4.59. The van der Waals surface area contributed by atoms with E-state index in [1.807, 2.05) is 42.5 Å². The average Bonchev–Trinajstić information content (AvgIpc) is 3.26. The van der Waals surface area contributed by atoms with Crippen molar-refractivity contribution in [3.63, 3.8) is 0 Å². The molecule has 10 heteroatoms. The van der Waals surface area contributed by atoms with E-state index >= 15 is 0 Å². The lowest BCUT2D eigenvalue weighted by molar-refractivity contribution is 0.112. The smallest absolute Gasteiger partial charge is 0.295 e. The highest BCUT2D eigenvalue weighted by Crippen LogP contribution is 2.41. The molecular weight excluding hydrogens is 442 g/mol. The maximum Gasteiger partial charge on any atom is 0.295 e. The van der Waals surface area contributed by atoms with Crippen molar-refractivity contribution in [2.24, 2.45) is 0 Å². The lowest BCUT2D eigenvalue weighted by Crippen LogP contribution is -2.03. The van der Waals surface area contributed by atoms with Gasteiger partial charge in [-0.05, 0) is 45.7 Å². The van der Waals surface area contributed by atoms with Gasteiger partial charge in [0, 0.05) is 15.8 Å². The van der Waals surface area contributed by atoms with Gasteiger partial charge >= 0.3 is 0 Å². The summed E-state index contributed by atoms with van der Waals surface area (Å²) in [5.74, 6) is 0. The summed E-state index contributed by atoms with van der Waals surface area (Å²) >= 11 is 0. The monoisotopic (exact) mass is 456 g/mol. The minimum Gasteiger partial charge on any atom is -0.298 e. The Hall–Kier alpha value is -4.46. The highest BCUT2D eigenvalue weighted by Gasteiger charge is 2.28. The van der Waals surface area contributed by atoms with Crippen molar-refractivity contribution >= 4 is 38.2 Å². The highest BCUT2D eigenvalue weighted by molar-refractivity contribution is 7.86. The Morgan fingerprint density at radius 3 is 2.45 bits per heavy atom. The molecular formula is C23H14N5O4S+. The number of carbonyl (C=O) groups excluding carboxylic acids is 1. The largest absolute Gasteiger partial charge is 0.298 e. The van der Waals surface area contributed by atoms with Crippen molar-refractivity contribution < 1.29 is 17.8 Å². The number of aldehydes is 1. The van der Waals surface area contributed by atoms with E-state index in [1.165, 1.54) is 18.2 Å². The minimum absolute atomic E-state index is 0.0385. The molecule has 9 nitrogen and oxygen atoms in total. The Labute approximate surface area is 187 Å². The molecule has 1 N–H and O–H groups in total. The normalized spacial score (nSPS) is 11.5. The fourth-order valence-corrected chi connectivity index (χ4v) is 4.71. The molecule has 1 aromatic heterocycles. The predicted molar refractivity (Wildman–Crippen MR) is 122 cm³/mol. The summed E-state index contributed by atoms with van der Waals surface area (Å²) in [6.45, 7) is 0. The third-order valence-electron chi connectivity index (χ3n) is 5.39. The van der Waals surface area contributed by atoms with Crippen molar-refractivity contribution in [2.75, 3.05) is 0 Å². The number of fused-ring (bicyclic) bond motifs is 2. The molecule has 0 aliphatic heterocycles. The summed E-state index contributed by atoms with van der Waals surface area (Å²) in [6, 6.07) is 20.8. The van der Waals surface area contributed by atoms with Crippen LogP contribution in [0.15, 0.2) is 77.7 Å². The molecule has 160 valence electrons. The van der Waals surface area contributed by atoms with Crippen LogP contribution >= 0.6 is 0 Å². The second kappa shape index (κ2) is 7.59. The van der Waals surface area contributed by atoms with E-state index in [9.17, 15) is 17.8 Å². The number of rotatable bonds is 4. The van der Waals surface area contributed by atoms with Crippen molar-refractivity contribution in [3.8, 4) is 22.3 Å². The molecule has 5 aromatic rings. The first-order valence-electron chi connectivity index (χ1n) is 9.71. The maximum absolute atomic E-state index is 12.3. The van der Waals surface area contributed by atoms with Crippen LogP contribution in [0, 0.1) is 5.39 Å². The van der Waals surface area contributed by atoms with Crippen molar-refractivity contribution in [3.05, 3.63) is 83.4 Å². The van der Waals surface area contributed by atoms with E-state index in [4.69, 9.17) is 5.39 Å². The molecule has 1 heterocycles. The first kappa shape index (κ1) is 20.4. The van der Waals surface area contributed by atoms with E-state index in [1.54, 1.807) is 12.1 Å². The van der Waals surface area contributed by atoms with E-state index in [-0.39, 0.29) is 16.6 Å². The van der Waals surface area contributed by atoms with Gasteiger partial charge in [0.15, 0.2) is 0 Å². The number of nitrogens with zero attached hydrogens (tertiary/aromatic N) is 5. The summed E-state index contributed by atoms with van der Waals surface area (Å²) in [6.07, 6.45) is 0.642. The standard InChI is InChI=1S/C23H13N5O4S/c24-27-28-25-20-10-11-21(33(30,31)32)22(23(20)26-28)19-12-14(13-29)8-9-18(19)17-7-3-5-15-4-1-2-6-16(15)17/h1-13H/p+1. The molecule has 0 aliphatic rings. The second-order valence-corrected chi connectivity index (χ2v) is 8.68. The molecule has 0 bridgehead atoms. The highest BCUT2D eigenvalue weighted by atomic mass is 32.2. The minimum atomic E-state index is -4.69. The average molecular weight is 456 g/mol. The molecule has 0 fully saturated rings. The summed E-state index contributed by atoms with van der Waals surface area (Å²) in [4.78, 5) is 11.8. The number of hydrogen-bond donors (Lipinski definition) is 1. The summed E-state index contributed by atoms with van der Waals surface area (Å²) in [5, 5.41) is 21.9. The van der Waals surface area contributed by atoms with Crippen molar-refractivity contribution in [1.29, 1.82) is 5.39 Å². The van der Waals surface area contributed by atoms with Gasteiger partial charge in [-0.25, -0.2) is 0 Å². The van der Waals surface area contributed by atoms with Gasteiger partial charge in [-0.15, -0.1) is 0 Å². The molecule has 0 saturated heterocycles. The molecule has 0 amide bonds. The molecule has 0 saturated carbocycles. The van der Waals surface area contributed by atoms with Crippen LogP contribution in [0.3, 0.4) is 0 Å². The van der Waals surface area contributed by atoms with Gasteiger partial charge in [-0.3, -0.25) is 9.35 Å². The molecule has 0 atom stereocenters. The lowest BCUT2D eigenvalue weighted by Gasteiger charge is -2.15. The van der Waals surface area contributed by atoms with Crippen LogP contribution in [0.4, 0.5) is 0 Å². The Morgan fingerprint density at radius 1 is 0.909 bits per heavy atom. The number of hydrogen-bond acceptors (Lipinski definition) is 6. The summed E-state index contributed by atoms with van der Waals surface area (Å²) < 4.78 is 34.6. The topological polar surface area (TPSA) is 130 Å². The van der Waals surface area contributed by atoms with E-state index < -0.39 is 15.0 Å². The molecule has 0 aliphatic carbocycles. The quantitative estimate of drug-likeness (QED) is 0.238. The van der Waals surface area contributed by atoms with Gasteiger partial charge in [0.05, 0.1) is 16.0 Å². The number of carbonyl (C=O) groups is 1. The Morgan fingerprint density at radius 2 is 1.70 bits per heavy atom. The first-order valence-corrected chi connectivity index (χ1v) is 11.2. The Kier molecular flexibility index (Phi) is 4.70. The van der Waals surface area contributed by atoms with Gasteiger partial charge in [0.1, 0.15) is 11.2 Å². The lowest BCUT2D eigenvalue weighted by atomic mass is 9.89. The van der Waals surface area contributed by atoms with Crippen LogP contribution in [0.2, 0.25) is 0 Å². The third kappa shape index (κ3) is 3.41. The zero-order valence-electron chi connectivity index (χ0n) is 16.8. The van der Waals surface area contributed by atoms with Crippen LogP contribution < -0.4 is 0 Å². The van der Waals surface area contributed by atoms with Crippen LogP contribution in [0.5, 0.6) is 0 Å². The number of aromatic nitrogens is 3. The van der Waals surface area contributed by atoms with Gasteiger partial charge < -0.3 is 0 Å². The Bertz CT molecular complexity index is 1730. The Balaban J connectivity index is 1.96. The molecule has 5 rings (SSSR count). The first-order chi connectivity index (χ1) is 15.9. The molecule has 0 radical (unpaired) electrons. The van der Waals surface area contributed by atoms with Crippen molar-refractivity contribution in [1.82, 2.24) is 15.1 Å². The molecule has 4 aromatic carbocycles. The maximum atomic E-state index is 12.3. The van der Waals surface area contributed by atoms with E-state index in [2.05, 4.69) is 15.3 Å². The number of diazo groups is 1. The van der Waals surface area contributed by atoms with Crippen LogP contribution in [0.1, 0.15) is 10.4 Å². The molecule has 33 heavy (non-hydrogen) atoms. The molecule has 0 unspecified atom stereocenters. The van der Waals surface area contributed by atoms with Crippen LogP contribution in [-0.2, 0) is 10.1 Å². The fourth-order valence-electron chi connectivity index (χ4n) is 4.00. The number of benzene rings is 4. The van der Waals surface area contributed by atoms with E-state index in [0.717, 1.165) is 16.3 Å². The zero-order valence-corrected chi connectivity index (χ0v) is 17.6. The van der Waals surface area contributed by atoms with Gasteiger partial charge in [-0.2, -0.15) is 8.42 Å². The summed E-state index contributed by atoms with van der Waals surface area (Å²) in [7, 11) is -4.69. The van der Waals surface area contributed by atoms with Crippen LogP contribution in [0.25, 0.3) is 49.1 Å². The van der Waals surface area contributed by atoms with Gasteiger partial charge in [-0.1, -0.05) is 54.6 Å². The van der Waals surface area contributed by atoms with Gasteiger partial charge in [0.2, 0.25) is 15.9 Å². The SMILES string of the molecule is N#[N+]n1nc2ccc(S(=O)(=O)O)c(-c3cc(C=O)ccc3-c3cccc4ccccc34)c2n1. The van der Waals surface area contributed by atoms with Crippen LogP contribution in [-0.4, -0.2) is 34.4 Å². The fraction of sp³-hybridized carbons (Fsp3) is 0. The zero-order chi connectivity index (χ0) is 23.2. The third-order valence-corrected chi connectivity index (χ3v) is 6.29.